The molecule has 2 aromatic rings. The first kappa shape index (κ1) is 19.6. The minimum absolute atomic E-state index is 0.0343. The molecule has 2 amide bonds. The molecule has 2 aromatic carbocycles. The number of hydrogen-bond donors (Lipinski definition) is 3. The van der Waals surface area contributed by atoms with Crippen LogP contribution in [-0.4, -0.2) is 38.6 Å². The Morgan fingerprint density at radius 1 is 0.885 bits per heavy atom. The molecule has 0 fully saturated rings. The molecule has 0 bridgehead atoms. The van der Waals surface area contributed by atoms with Gasteiger partial charge in [-0.25, -0.2) is 0 Å². The van der Waals surface area contributed by atoms with Crippen molar-refractivity contribution in [2.75, 3.05) is 37.4 Å². The second kappa shape index (κ2) is 11.0. The van der Waals surface area contributed by atoms with Gasteiger partial charge in [-0.1, -0.05) is 30.3 Å². The zero-order valence-corrected chi connectivity index (χ0v) is 15.0. The highest BCUT2D eigenvalue weighted by molar-refractivity contribution is 5.93. The van der Waals surface area contributed by atoms with E-state index in [9.17, 15) is 9.59 Å². The monoisotopic (exact) mass is 355 g/mol. The zero-order chi connectivity index (χ0) is 18.6. The summed E-state index contributed by atoms with van der Waals surface area (Å²) in [7, 11) is 1.61. The quantitative estimate of drug-likeness (QED) is 0.572. The Morgan fingerprint density at radius 2 is 1.50 bits per heavy atom. The van der Waals surface area contributed by atoms with Crippen molar-refractivity contribution < 1.29 is 14.3 Å². The number of aryl methyl sites for hydroxylation is 1. The molecule has 0 unspecified atom stereocenters. The summed E-state index contributed by atoms with van der Waals surface area (Å²) in [4.78, 5) is 23.8. The fourth-order valence-corrected chi connectivity index (χ4v) is 2.34. The zero-order valence-electron chi connectivity index (χ0n) is 15.0. The van der Waals surface area contributed by atoms with Gasteiger partial charge >= 0.3 is 0 Å². The number of ether oxygens (including phenoxy) is 1. The Kier molecular flexibility index (Phi) is 8.32. The predicted octanol–water partition coefficient (Wildman–Crippen LogP) is 2.43. The molecule has 0 aliphatic carbocycles. The van der Waals surface area contributed by atoms with E-state index in [1.807, 2.05) is 30.3 Å². The highest BCUT2D eigenvalue weighted by Crippen LogP contribution is 2.14. The molecule has 0 aromatic heterocycles. The van der Waals surface area contributed by atoms with Crippen molar-refractivity contribution in [1.29, 1.82) is 0 Å². The van der Waals surface area contributed by atoms with Crippen molar-refractivity contribution in [2.24, 2.45) is 0 Å². The molecular weight excluding hydrogens is 330 g/mol. The lowest BCUT2D eigenvalue weighted by Crippen LogP contribution is -2.30. The van der Waals surface area contributed by atoms with Gasteiger partial charge in [0.15, 0.2) is 0 Å². The third-order valence-corrected chi connectivity index (χ3v) is 3.70. The largest absolute Gasteiger partial charge is 0.383 e. The molecule has 2 rings (SSSR count). The van der Waals surface area contributed by atoms with Gasteiger partial charge in [0.05, 0.1) is 13.2 Å². The molecule has 0 aliphatic rings. The molecule has 6 heteroatoms. The van der Waals surface area contributed by atoms with Crippen LogP contribution in [0, 0.1) is 0 Å². The molecule has 0 saturated carbocycles. The van der Waals surface area contributed by atoms with Gasteiger partial charge in [0.2, 0.25) is 11.8 Å². The lowest BCUT2D eigenvalue weighted by molar-refractivity contribution is -0.116. The molecule has 0 spiro atoms. The van der Waals surface area contributed by atoms with Crippen LogP contribution in [0.3, 0.4) is 0 Å². The number of carbonyl (C=O) groups is 2. The van der Waals surface area contributed by atoms with Crippen LogP contribution in [0.15, 0.2) is 54.6 Å². The molecule has 0 atom stereocenters. The fourth-order valence-electron chi connectivity index (χ4n) is 2.34. The lowest BCUT2D eigenvalue weighted by atomic mass is 10.1. The van der Waals surface area contributed by atoms with E-state index in [1.165, 1.54) is 0 Å². The summed E-state index contributed by atoms with van der Waals surface area (Å²) in [6.07, 6.45) is 1.13. The van der Waals surface area contributed by atoms with E-state index in [4.69, 9.17) is 4.74 Å². The molecule has 0 heterocycles. The maximum atomic E-state index is 12.0. The Hall–Kier alpha value is -2.70. The first-order valence-electron chi connectivity index (χ1n) is 8.60. The number of hydrogen-bond acceptors (Lipinski definition) is 4. The van der Waals surface area contributed by atoms with E-state index in [0.717, 1.165) is 5.56 Å². The number of benzene rings is 2. The fraction of sp³-hybridized carbons (Fsp3) is 0.300. The summed E-state index contributed by atoms with van der Waals surface area (Å²) in [5.41, 5.74) is 2.53. The van der Waals surface area contributed by atoms with Crippen LogP contribution in [0.1, 0.15) is 12.0 Å². The first-order valence-corrected chi connectivity index (χ1v) is 8.60. The number of carbonyl (C=O) groups excluding carboxylic acids is 2. The van der Waals surface area contributed by atoms with Gasteiger partial charge in [0.1, 0.15) is 0 Å². The third-order valence-electron chi connectivity index (χ3n) is 3.70. The SMILES string of the molecule is COCCNCC(=O)Nc1ccc(NC(=O)CCc2ccccc2)cc1. The summed E-state index contributed by atoms with van der Waals surface area (Å²) in [6, 6.07) is 17.0. The highest BCUT2D eigenvalue weighted by Gasteiger charge is 2.05. The molecule has 0 radical (unpaired) electrons. The Bertz CT molecular complexity index is 687. The lowest BCUT2D eigenvalue weighted by Gasteiger charge is -2.09. The molecule has 0 saturated heterocycles. The molecule has 6 nitrogen and oxygen atoms in total. The number of anilines is 2. The Labute approximate surface area is 153 Å². The average molecular weight is 355 g/mol. The Morgan fingerprint density at radius 3 is 2.12 bits per heavy atom. The summed E-state index contributed by atoms with van der Waals surface area (Å²) < 4.78 is 4.90. The second-order valence-electron chi connectivity index (χ2n) is 5.83. The van der Waals surface area contributed by atoms with E-state index < -0.39 is 0 Å². The van der Waals surface area contributed by atoms with Gasteiger partial charge in [0, 0.05) is 31.5 Å². The predicted molar refractivity (Wildman–Crippen MR) is 103 cm³/mol. The third kappa shape index (κ3) is 7.46. The maximum absolute atomic E-state index is 12.0. The van der Waals surface area contributed by atoms with Crippen molar-refractivity contribution in [3.05, 3.63) is 60.2 Å². The topological polar surface area (TPSA) is 79.5 Å². The highest BCUT2D eigenvalue weighted by atomic mass is 16.5. The van der Waals surface area contributed by atoms with Crippen LogP contribution < -0.4 is 16.0 Å². The number of amides is 2. The smallest absolute Gasteiger partial charge is 0.238 e. The van der Waals surface area contributed by atoms with Gasteiger partial charge in [-0.3, -0.25) is 9.59 Å². The summed E-state index contributed by atoms with van der Waals surface area (Å²) >= 11 is 0. The van der Waals surface area contributed by atoms with Crippen molar-refractivity contribution in [3.8, 4) is 0 Å². The van der Waals surface area contributed by atoms with Crippen molar-refractivity contribution in [3.63, 3.8) is 0 Å². The van der Waals surface area contributed by atoms with Crippen molar-refractivity contribution in [2.45, 2.75) is 12.8 Å². The number of methoxy groups -OCH3 is 1. The summed E-state index contributed by atoms with van der Waals surface area (Å²) in [5, 5.41) is 8.63. The minimum Gasteiger partial charge on any atom is -0.383 e. The average Bonchev–Trinajstić information content (AvgIpc) is 2.66. The van der Waals surface area contributed by atoms with E-state index >= 15 is 0 Å². The number of nitrogens with one attached hydrogen (secondary N) is 3. The van der Waals surface area contributed by atoms with Crippen LogP contribution in [0.5, 0.6) is 0 Å². The molecule has 26 heavy (non-hydrogen) atoms. The minimum atomic E-state index is -0.124. The second-order valence-corrected chi connectivity index (χ2v) is 5.83. The Balaban J connectivity index is 1.72. The van der Waals surface area contributed by atoms with Crippen LogP contribution in [0.2, 0.25) is 0 Å². The normalized spacial score (nSPS) is 10.3. The first-order chi connectivity index (χ1) is 12.7. The van der Waals surface area contributed by atoms with Gasteiger partial charge < -0.3 is 20.7 Å². The van der Waals surface area contributed by atoms with Crippen molar-refractivity contribution >= 4 is 23.2 Å². The van der Waals surface area contributed by atoms with Crippen LogP contribution in [0.25, 0.3) is 0 Å². The maximum Gasteiger partial charge on any atom is 0.238 e. The van der Waals surface area contributed by atoms with E-state index in [2.05, 4.69) is 16.0 Å². The molecule has 0 aliphatic heterocycles. The van der Waals surface area contributed by atoms with E-state index in [0.29, 0.717) is 37.4 Å². The van der Waals surface area contributed by atoms with Gasteiger partial charge in [-0.05, 0) is 36.2 Å². The van der Waals surface area contributed by atoms with E-state index in [1.54, 1.807) is 31.4 Å². The molecule has 138 valence electrons. The van der Waals surface area contributed by atoms with Crippen LogP contribution in [0.4, 0.5) is 11.4 Å². The van der Waals surface area contributed by atoms with E-state index in [-0.39, 0.29) is 18.4 Å². The summed E-state index contributed by atoms with van der Waals surface area (Å²) in [5.74, 6) is -0.159. The van der Waals surface area contributed by atoms with Gasteiger partial charge in [-0.2, -0.15) is 0 Å². The van der Waals surface area contributed by atoms with Crippen LogP contribution in [-0.2, 0) is 20.7 Å². The molecule has 3 N–H and O–H groups in total. The van der Waals surface area contributed by atoms with Gasteiger partial charge in [0.25, 0.3) is 0 Å². The number of rotatable bonds is 10. The standard InChI is InChI=1S/C20H25N3O3/c1-26-14-13-21-15-20(25)23-18-10-8-17(9-11-18)22-19(24)12-7-16-5-3-2-4-6-16/h2-6,8-11,21H,7,12-15H2,1H3,(H,22,24)(H,23,25). The van der Waals surface area contributed by atoms with Crippen LogP contribution >= 0.6 is 0 Å². The summed E-state index contributed by atoms with van der Waals surface area (Å²) in [6.45, 7) is 1.41. The van der Waals surface area contributed by atoms with Crippen molar-refractivity contribution in [1.82, 2.24) is 5.32 Å². The molecular formula is C20H25N3O3. The van der Waals surface area contributed by atoms with Gasteiger partial charge in [-0.15, -0.1) is 0 Å².